The third-order valence-electron chi connectivity index (χ3n) is 2.93. The summed E-state index contributed by atoms with van der Waals surface area (Å²) >= 11 is 0. The number of amides is 1. The molecule has 1 aromatic rings. The van der Waals surface area contributed by atoms with E-state index in [4.69, 9.17) is 4.74 Å². The van der Waals surface area contributed by atoms with Crippen molar-refractivity contribution in [2.24, 2.45) is 0 Å². The first-order valence-electron chi connectivity index (χ1n) is 6.43. The molecular weight excluding hydrogens is 266 g/mol. The van der Waals surface area contributed by atoms with Gasteiger partial charge in [-0.3, -0.25) is 10.1 Å². The molecule has 4 nitrogen and oxygen atoms in total. The molecule has 0 saturated heterocycles. The Labute approximate surface area is 117 Å². The van der Waals surface area contributed by atoms with Crippen LogP contribution in [-0.2, 0) is 9.53 Å². The van der Waals surface area contributed by atoms with Crippen LogP contribution in [0.25, 0.3) is 0 Å². The van der Waals surface area contributed by atoms with Gasteiger partial charge in [-0.15, -0.1) is 0 Å². The first kappa shape index (κ1) is 16.5. The number of hydrogen-bond donors (Lipinski definition) is 2. The fraction of sp³-hybridized carbons (Fsp3) is 0.500. The second-order valence-corrected chi connectivity index (χ2v) is 4.56. The lowest BCUT2D eigenvalue weighted by atomic mass is 10.1. The van der Waals surface area contributed by atoms with Crippen LogP contribution >= 0.6 is 0 Å². The topological polar surface area (TPSA) is 50.4 Å². The number of carbonyl (C=O) groups excluding carboxylic acids is 1. The van der Waals surface area contributed by atoms with Crippen LogP contribution < -0.4 is 10.6 Å². The lowest BCUT2D eigenvalue weighted by Crippen LogP contribution is -2.44. The SMILES string of the molecule is COCCNC(=O)C(C)NC(C)c1ccc(F)cc1F. The van der Waals surface area contributed by atoms with Gasteiger partial charge in [-0.05, 0) is 19.9 Å². The van der Waals surface area contributed by atoms with Gasteiger partial charge in [-0.1, -0.05) is 6.07 Å². The van der Waals surface area contributed by atoms with Gasteiger partial charge in [-0.25, -0.2) is 8.78 Å². The molecule has 20 heavy (non-hydrogen) atoms. The van der Waals surface area contributed by atoms with Crippen molar-refractivity contribution >= 4 is 5.91 Å². The average Bonchev–Trinajstić information content (AvgIpc) is 2.38. The van der Waals surface area contributed by atoms with E-state index >= 15 is 0 Å². The van der Waals surface area contributed by atoms with Crippen molar-refractivity contribution in [2.75, 3.05) is 20.3 Å². The van der Waals surface area contributed by atoms with Crippen molar-refractivity contribution in [3.8, 4) is 0 Å². The predicted octanol–water partition coefficient (Wildman–Crippen LogP) is 1.77. The molecule has 1 amide bonds. The van der Waals surface area contributed by atoms with Crippen LogP contribution in [0.15, 0.2) is 18.2 Å². The summed E-state index contributed by atoms with van der Waals surface area (Å²) in [4.78, 5) is 11.7. The zero-order valence-electron chi connectivity index (χ0n) is 11.9. The summed E-state index contributed by atoms with van der Waals surface area (Å²) in [5.41, 5.74) is 0.322. The van der Waals surface area contributed by atoms with Gasteiger partial charge in [-0.2, -0.15) is 0 Å². The number of nitrogens with one attached hydrogen (secondary N) is 2. The van der Waals surface area contributed by atoms with Gasteiger partial charge in [0.25, 0.3) is 0 Å². The maximum Gasteiger partial charge on any atom is 0.236 e. The Hall–Kier alpha value is -1.53. The molecule has 6 heteroatoms. The number of hydrogen-bond acceptors (Lipinski definition) is 3. The summed E-state index contributed by atoms with van der Waals surface area (Å²) < 4.78 is 31.3. The van der Waals surface area contributed by atoms with E-state index in [1.807, 2.05) is 0 Å². The van der Waals surface area contributed by atoms with Crippen LogP contribution in [0.3, 0.4) is 0 Å². The van der Waals surface area contributed by atoms with Gasteiger partial charge < -0.3 is 10.1 Å². The normalized spacial score (nSPS) is 13.8. The molecule has 0 aliphatic carbocycles. The average molecular weight is 286 g/mol. The lowest BCUT2D eigenvalue weighted by Gasteiger charge is -2.20. The third kappa shape index (κ3) is 4.86. The van der Waals surface area contributed by atoms with E-state index in [-0.39, 0.29) is 5.91 Å². The maximum absolute atomic E-state index is 13.6. The largest absolute Gasteiger partial charge is 0.383 e. The van der Waals surface area contributed by atoms with Crippen LogP contribution in [0.2, 0.25) is 0 Å². The minimum Gasteiger partial charge on any atom is -0.383 e. The summed E-state index contributed by atoms with van der Waals surface area (Å²) in [6.07, 6.45) is 0. The molecule has 0 aromatic heterocycles. The molecule has 0 fully saturated rings. The summed E-state index contributed by atoms with van der Waals surface area (Å²) in [7, 11) is 1.55. The standard InChI is InChI=1S/C14H20F2N2O2/c1-9(12-5-4-11(15)8-13(12)16)18-10(2)14(19)17-6-7-20-3/h4-5,8-10,18H,6-7H2,1-3H3,(H,17,19). The minimum absolute atomic E-state index is 0.198. The predicted molar refractivity (Wildman–Crippen MR) is 72.3 cm³/mol. The van der Waals surface area contributed by atoms with Gasteiger partial charge in [0.1, 0.15) is 11.6 Å². The van der Waals surface area contributed by atoms with Crippen LogP contribution in [0.1, 0.15) is 25.5 Å². The molecule has 0 radical (unpaired) electrons. The third-order valence-corrected chi connectivity index (χ3v) is 2.93. The molecular formula is C14H20F2N2O2. The summed E-state index contributed by atoms with van der Waals surface area (Å²) in [6, 6.07) is 2.50. The molecule has 0 saturated carbocycles. The van der Waals surface area contributed by atoms with Crippen molar-refractivity contribution in [1.82, 2.24) is 10.6 Å². The van der Waals surface area contributed by atoms with Gasteiger partial charge in [0, 0.05) is 31.3 Å². The van der Waals surface area contributed by atoms with Crippen LogP contribution in [-0.4, -0.2) is 32.2 Å². The zero-order valence-corrected chi connectivity index (χ0v) is 11.9. The van der Waals surface area contributed by atoms with E-state index in [0.29, 0.717) is 18.7 Å². The van der Waals surface area contributed by atoms with Crippen molar-refractivity contribution in [3.05, 3.63) is 35.4 Å². The Morgan fingerprint density at radius 2 is 2.05 bits per heavy atom. The van der Waals surface area contributed by atoms with Gasteiger partial charge >= 0.3 is 0 Å². The van der Waals surface area contributed by atoms with E-state index in [9.17, 15) is 13.6 Å². The molecule has 2 atom stereocenters. The Bertz CT molecular complexity index is 455. The molecule has 0 spiro atoms. The monoisotopic (exact) mass is 286 g/mol. The Morgan fingerprint density at radius 3 is 2.65 bits per heavy atom. The first-order chi connectivity index (χ1) is 9.45. The van der Waals surface area contributed by atoms with Crippen molar-refractivity contribution in [3.63, 3.8) is 0 Å². The Morgan fingerprint density at radius 1 is 1.35 bits per heavy atom. The van der Waals surface area contributed by atoms with E-state index in [1.165, 1.54) is 12.1 Å². The lowest BCUT2D eigenvalue weighted by molar-refractivity contribution is -0.123. The molecule has 0 bridgehead atoms. The number of rotatable bonds is 7. The fourth-order valence-electron chi connectivity index (χ4n) is 1.82. The fourth-order valence-corrected chi connectivity index (χ4v) is 1.82. The second kappa shape index (κ2) is 7.91. The number of ether oxygens (including phenoxy) is 1. The van der Waals surface area contributed by atoms with Crippen molar-refractivity contribution in [1.29, 1.82) is 0 Å². The van der Waals surface area contributed by atoms with Crippen molar-refractivity contribution in [2.45, 2.75) is 25.9 Å². The van der Waals surface area contributed by atoms with E-state index < -0.39 is 23.7 Å². The van der Waals surface area contributed by atoms with Gasteiger partial charge in [0.15, 0.2) is 0 Å². The number of methoxy groups -OCH3 is 1. The Balaban J connectivity index is 2.56. The van der Waals surface area contributed by atoms with E-state index in [0.717, 1.165) is 6.07 Å². The summed E-state index contributed by atoms with van der Waals surface area (Å²) in [6.45, 7) is 4.25. The van der Waals surface area contributed by atoms with Crippen LogP contribution in [0, 0.1) is 11.6 Å². The molecule has 112 valence electrons. The highest BCUT2D eigenvalue weighted by atomic mass is 19.1. The molecule has 1 rings (SSSR count). The highest BCUT2D eigenvalue weighted by Gasteiger charge is 2.18. The van der Waals surface area contributed by atoms with Crippen LogP contribution in [0.5, 0.6) is 0 Å². The summed E-state index contributed by atoms with van der Waals surface area (Å²) in [5, 5.41) is 5.65. The maximum atomic E-state index is 13.6. The molecule has 1 aromatic carbocycles. The molecule has 2 N–H and O–H groups in total. The highest BCUT2D eigenvalue weighted by molar-refractivity contribution is 5.81. The molecule has 0 aliphatic heterocycles. The number of halogens is 2. The minimum atomic E-state index is -0.628. The zero-order chi connectivity index (χ0) is 15.1. The quantitative estimate of drug-likeness (QED) is 0.751. The summed E-state index contributed by atoms with van der Waals surface area (Å²) in [5.74, 6) is -1.45. The van der Waals surface area contributed by atoms with Gasteiger partial charge in [0.05, 0.1) is 12.6 Å². The molecule has 0 aliphatic rings. The number of carbonyl (C=O) groups is 1. The smallest absolute Gasteiger partial charge is 0.236 e. The van der Waals surface area contributed by atoms with E-state index in [2.05, 4.69) is 10.6 Å². The van der Waals surface area contributed by atoms with E-state index in [1.54, 1.807) is 21.0 Å². The Kier molecular flexibility index (Phi) is 6.54. The van der Waals surface area contributed by atoms with Gasteiger partial charge in [0.2, 0.25) is 5.91 Å². The second-order valence-electron chi connectivity index (χ2n) is 4.56. The van der Waals surface area contributed by atoms with Crippen LogP contribution in [0.4, 0.5) is 8.78 Å². The number of benzene rings is 1. The molecule has 0 heterocycles. The molecule has 2 unspecified atom stereocenters. The first-order valence-corrected chi connectivity index (χ1v) is 6.43. The van der Waals surface area contributed by atoms with Crippen molar-refractivity contribution < 1.29 is 18.3 Å². The highest BCUT2D eigenvalue weighted by Crippen LogP contribution is 2.18.